The van der Waals surface area contributed by atoms with Crippen LogP contribution in [0.1, 0.15) is 29.8 Å². The number of methoxy groups -OCH3 is 1. The van der Waals surface area contributed by atoms with Gasteiger partial charge in [0.1, 0.15) is 0 Å². The van der Waals surface area contributed by atoms with Crippen LogP contribution in [-0.4, -0.2) is 46.3 Å². The predicted molar refractivity (Wildman–Crippen MR) is 87.3 cm³/mol. The molecule has 2 aromatic rings. The molecule has 0 radical (unpaired) electrons. The van der Waals surface area contributed by atoms with E-state index in [-0.39, 0.29) is 0 Å². The van der Waals surface area contributed by atoms with Crippen LogP contribution in [0.4, 0.5) is 0 Å². The van der Waals surface area contributed by atoms with Crippen LogP contribution < -0.4 is 4.74 Å². The maximum Gasteiger partial charge on any atom is 0.217 e. The van der Waals surface area contributed by atoms with Gasteiger partial charge in [0.2, 0.25) is 5.88 Å². The van der Waals surface area contributed by atoms with Crippen LogP contribution in [-0.2, 0) is 24.9 Å². The fourth-order valence-electron chi connectivity index (χ4n) is 3.29. The van der Waals surface area contributed by atoms with E-state index in [4.69, 9.17) is 9.47 Å². The maximum absolute atomic E-state index is 5.69. The van der Waals surface area contributed by atoms with Crippen LogP contribution in [0.2, 0.25) is 0 Å². The van der Waals surface area contributed by atoms with Crippen LogP contribution in [0, 0.1) is 0 Å². The molecule has 0 N–H and O–H groups in total. The molecule has 124 valence electrons. The Balaban J connectivity index is 1.79. The highest BCUT2D eigenvalue weighted by Crippen LogP contribution is 2.29. The minimum Gasteiger partial charge on any atom is -0.481 e. The van der Waals surface area contributed by atoms with Crippen molar-refractivity contribution in [2.24, 2.45) is 7.05 Å². The van der Waals surface area contributed by atoms with E-state index in [0.717, 1.165) is 44.1 Å². The van der Waals surface area contributed by atoms with Crippen molar-refractivity contribution in [3.8, 4) is 5.88 Å². The Kier molecular flexibility index (Phi) is 4.93. The molecule has 0 amide bonds. The molecular formula is C17H24N4O2. The van der Waals surface area contributed by atoms with E-state index in [1.165, 1.54) is 5.69 Å². The average Bonchev–Trinajstić information content (AvgIpc) is 2.94. The zero-order valence-electron chi connectivity index (χ0n) is 14.0. The Bertz CT molecular complexity index is 656. The minimum absolute atomic E-state index is 0.342. The molecule has 0 fully saturated rings. The first-order valence-corrected chi connectivity index (χ1v) is 8.01. The number of aryl methyl sites for hydroxylation is 1. The molecule has 0 bridgehead atoms. The molecule has 0 saturated heterocycles. The van der Waals surface area contributed by atoms with E-state index in [0.29, 0.717) is 11.8 Å². The standard InChI is InChI=1S/C17H24N4O2/c1-4-23-11-14-9-21(10-15-16(14)20(2)12-19-15)8-13-6-5-7-18-17(13)22-3/h5-7,12,14H,4,8-11H2,1-3H3. The van der Waals surface area contributed by atoms with Crippen LogP contribution >= 0.6 is 0 Å². The van der Waals surface area contributed by atoms with E-state index in [9.17, 15) is 0 Å². The van der Waals surface area contributed by atoms with Crippen molar-refractivity contribution in [3.63, 3.8) is 0 Å². The van der Waals surface area contributed by atoms with Gasteiger partial charge in [-0.25, -0.2) is 9.97 Å². The van der Waals surface area contributed by atoms with Gasteiger partial charge in [0.05, 0.1) is 25.7 Å². The lowest BCUT2D eigenvalue weighted by Gasteiger charge is -2.32. The van der Waals surface area contributed by atoms with Gasteiger partial charge < -0.3 is 14.0 Å². The molecule has 6 nitrogen and oxygen atoms in total. The summed E-state index contributed by atoms with van der Waals surface area (Å²) in [6.07, 6.45) is 3.66. The third-order valence-electron chi connectivity index (χ3n) is 4.26. The van der Waals surface area contributed by atoms with Gasteiger partial charge in [-0.2, -0.15) is 0 Å². The van der Waals surface area contributed by atoms with Gasteiger partial charge >= 0.3 is 0 Å². The number of hydrogen-bond donors (Lipinski definition) is 0. The molecule has 3 rings (SSSR count). The number of aromatic nitrogens is 3. The van der Waals surface area contributed by atoms with Crippen molar-refractivity contribution >= 4 is 0 Å². The SMILES string of the molecule is CCOCC1CN(Cc2cccnc2OC)Cc2ncn(C)c21. The second kappa shape index (κ2) is 7.10. The molecule has 0 aliphatic carbocycles. The second-order valence-electron chi connectivity index (χ2n) is 5.89. The number of pyridine rings is 1. The molecule has 0 saturated carbocycles. The van der Waals surface area contributed by atoms with Gasteiger partial charge in [0, 0.05) is 56.7 Å². The van der Waals surface area contributed by atoms with Gasteiger partial charge in [-0.3, -0.25) is 4.90 Å². The van der Waals surface area contributed by atoms with Gasteiger partial charge in [-0.05, 0) is 13.0 Å². The summed E-state index contributed by atoms with van der Waals surface area (Å²) in [5.41, 5.74) is 3.55. The number of rotatable bonds is 6. The molecular weight excluding hydrogens is 292 g/mol. The lowest BCUT2D eigenvalue weighted by atomic mass is 9.98. The summed E-state index contributed by atoms with van der Waals surface area (Å²) in [4.78, 5) is 11.2. The summed E-state index contributed by atoms with van der Waals surface area (Å²) in [6.45, 7) is 6.09. The van der Waals surface area contributed by atoms with Crippen molar-refractivity contribution in [1.29, 1.82) is 0 Å². The zero-order chi connectivity index (χ0) is 16.2. The van der Waals surface area contributed by atoms with Crippen molar-refractivity contribution in [2.45, 2.75) is 25.9 Å². The predicted octanol–water partition coefficient (Wildman–Crippen LogP) is 1.96. The molecule has 1 atom stereocenters. The molecule has 1 aliphatic rings. The van der Waals surface area contributed by atoms with E-state index in [1.54, 1.807) is 13.3 Å². The highest BCUT2D eigenvalue weighted by molar-refractivity contribution is 5.27. The summed E-state index contributed by atoms with van der Waals surface area (Å²) >= 11 is 0. The second-order valence-corrected chi connectivity index (χ2v) is 5.89. The Morgan fingerprint density at radius 3 is 3.00 bits per heavy atom. The van der Waals surface area contributed by atoms with Crippen molar-refractivity contribution in [3.05, 3.63) is 41.6 Å². The third kappa shape index (κ3) is 3.38. The van der Waals surface area contributed by atoms with E-state index in [1.807, 2.05) is 19.3 Å². The van der Waals surface area contributed by atoms with Crippen LogP contribution in [0.15, 0.2) is 24.7 Å². The molecule has 0 spiro atoms. The lowest BCUT2D eigenvalue weighted by Crippen LogP contribution is -2.36. The number of hydrogen-bond acceptors (Lipinski definition) is 5. The highest BCUT2D eigenvalue weighted by Gasteiger charge is 2.29. The number of ether oxygens (including phenoxy) is 2. The quantitative estimate of drug-likeness (QED) is 0.815. The number of imidazole rings is 1. The Labute approximate surface area is 137 Å². The fourth-order valence-corrected chi connectivity index (χ4v) is 3.29. The molecule has 1 unspecified atom stereocenters. The zero-order valence-corrected chi connectivity index (χ0v) is 14.0. The van der Waals surface area contributed by atoms with Gasteiger partial charge in [0.15, 0.2) is 0 Å². The smallest absolute Gasteiger partial charge is 0.217 e. The van der Waals surface area contributed by atoms with Gasteiger partial charge in [-0.15, -0.1) is 0 Å². The average molecular weight is 316 g/mol. The summed E-state index contributed by atoms with van der Waals surface area (Å²) in [7, 11) is 3.72. The van der Waals surface area contributed by atoms with E-state index >= 15 is 0 Å². The van der Waals surface area contributed by atoms with Crippen molar-refractivity contribution < 1.29 is 9.47 Å². The van der Waals surface area contributed by atoms with E-state index < -0.39 is 0 Å². The van der Waals surface area contributed by atoms with Crippen molar-refractivity contribution in [1.82, 2.24) is 19.4 Å². The molecule has 2 aromatic heterocycles. The summed E-state index contributed by atoms with van der Waals surface area (Å²) < 4.78 is 13.2. The minimum atomic E-state index is 0.342. The van der Waals surface area contributed by atoms with Gasteiger partial charge in [-0.1, -0.05) is 6.07 Å². The molecule has 6 heteroatoms. The Hall–Kier alpha value is -1.92. The fraction of sp³-hybridized carbons (Fsp3) is 0.529. The maximum atomic E-state index is 5.69. The molecule has 23 heavy (non-hydrogen) atoms. The third-order valence-corrected chi connectivity index (χ3v) is 4.26. The summed E-state index contributed by atoms with van der Waals surface area (Å²) in [6, 6.07) is 4.02. The van der Waals surface area contributed by atoms with E-state index in [2.05, 4.69) is 32.5 Å². The number of nitrogens with zero attached hydrogens (tertiary/aromatic N) is 4. The first-order valence-electron chi connectivity index (χ1n) is 8.01. The lowest BCUT2D eigenvalue weighted by molar-refractivity contribution is 0.102. The highest BCUT2D eigenvalue weighted by atomic mass is 16.5. The van der Waals surface area contributed by atoms with Crippen LogP contribution in [0.5, 0.6) is 5.88 Å². The molecule has 1 aliphatic heterocycles. The Morgan fingerprint density at radius 2 is 2.22 bits per heavy atom. The summed E-state index contributed by atoms with van der Waals surface area (Å²) in [5, 5.41) is 0. The molecule has 0 aromatic carbocycles. The Morgan fingerprint density at radius 1 is 1.35 bits per heavy atom. The number of fused-ring (bicyclic) bond motifs is 1. The van der Waals surface area contributed by atoms with Crippen LogP contribution in [0.3, 0.4) is 0 Å². The first kappa shape index (κ1) is 16.0. The van der Waals surface area contributed by atoms with Crippen LogP contribution in [0.25, 0.3) is 0 Å². The monoisotopic (exact) mass is 316 g/mol. The first-order chi connectivity index (χ1) is 11.2. The van der Waals surface area contributed by atoms with Gasteiger partial charge in [0.25, 0.3) is 0 Å². The largest absolute Gasteiger partial charge is 0.481 e. The van der Waals surface area contributed by atoms with Crippen molar-refractivity contribution in [2.75, 3.05) is 26.9 Å². The summed E-state index contributed by atoms with van der Waals surface area (Å²) in [5.74, 6) is 1.04. The normalized spacial score (nSPS) is 18.0. The topological polar surface area (TPSA) is 52.4 Å². The molecule has 3 heterocycles.